The van der Waals surface area contributed by atoms with Crippen LogP contribution in [0.3, 0.4) is 0 Å². The molecule has 0 aliphatic heterocycles. The zero-order chi connectivity index (χ0) is 11.5. The highest BCUT2D eigenvalue weighted by molar-refractivity contribution is 7.90. The van der Waals surface area contributed by atoms with Crippen LogP contribution in [-0.2, 0) is 14.8 Å². The summed E-state index contributed by atoms with van der Waals surface area (Å²) in [7, 11) is -3.47. The summed E-state index contributed by atoms with van der Waals surface area (Å²) >= 11 is 0. The molecule has 1 rings (SSSR count). The fraction of sp³-hybridized carbons (Fsp3) is 0.700. The van der Waals surface area contributed by atoms with Gasteiger partial charge >= 0.3 is 0 Å². The molecule has 5 heteroatoms. The molecule has 0 bridgehead atoms. The van der Waals surface area contributed by atoms with Crippen LogP contribution in [0.4, 0.5) is 0 Å². The number of sulfonamides is 1. The van der Waals surface area contributed by atoms with E-state index in [9.17, 15) is 13.2 Å². The first kappa shape index (κ1) is 12.2. The molecule has 0 fully saturated rings. The Morgan fingerprint density at radius 1 is 1.47 bits per heavy atom. The number of carbonyl (C=O) groups is 1. The molecular weight excluding hydrogens is 214 g/mol. The van der Waals surface area contributed by atoms with Crippen LogP contribution in [0.2, 0.25) is 0 Å². The van der Waals surface area contributed by atoms with Gasteiger partial charge in [-0.05, 0) is 26.2 Å². The Labute approximate surface area is 90.8 Å². The highest BCUT2D eigenvalue weighted by Gasteiger charge is 2.26. The molecule has 86 valence electrons. The number of allylic oxidation sites excluding steroid dienone is 2. The van der Waals surface area contributed by atoms with E-state index in [0.29, 0.717) is 19.3 Å². The summed E-state index contributed by atoms with van der Waals surface area (Å²) < 4.78 is 25.3. The molecule has 1 unspecified atom stereocenters. The van der Waals surface area contributed by atoms with Gasteiger partial charge in [0.2, 0.25) is 15.9 Å². The minimum absolute atomic E-state index is 0.205. The molecule has 0 saturated heterocycles. The predicted molar refractivity (Wildman–Crippen MR) is 58.7 cm³/mol. The van der Waals surface area contributed by atoms with Crippen molar-refractivity contribution in [2.45, 2.75) is 38.4 Å². The molecule has 1 atom stereocenters. The van der Waals surface area contributed by atoms with Gasteiger partial charge in [0, 0.05) is 5.92 Å². The van der Waals surface area contributed by atoms with Gasteiger partial charge in [-0.3, -0.25) is 9.52 Å². The van der Waals surface area contributed by atoms with Gasteiger partial charge in [0.05, 0.1) is 5.25 Å². The van der Waals surface area contributed by atoms with Crippen molar-refractivity contribution in [2.75, 3.05) is 0 Å². The Morgan fingerprint density at radius 3 is 2.47 bits per heavy atom. The van der Waals surface area contributed by atoms with Crippen LogP contribution in [0.1, 0.15) is 33.1 Å². The van der Waals surface area contributed by atoms with E-state index in [4.69, 9.17) is 0 Å². The summed E-state index contributed by atoms with van der Waals surface area (Å²) in [4.78, 5) is 11.6. The molecular formula is C10H17NO3S. The van der Waals surface area contributed by atoms with Gasteiger partial charge in [-0.1, -0.05) is 19.1 Å². The van der Waals surface area contributed by atoms with E-state index in [-0.39, 0.29) is 11.8 Å². The maximum absolute atomic E-state index is 11.6. The highest BCUT2D eigenvalue weighted by Crippen LogP contribution is 2.18. The Kier molecular flexibility index (Phi) is 3.90. The molecule has 0 saturated carbocycles. The first-order valence-corrected chi connectivity index (χ1v) is 6.72. The zero-order valence-corrected chi connectivity index (χ0v) is 9.88. The first-order valence-electron chi connectivity index (χ1n) is 5.17. The predicted octanol–water partition coefficient (Wildman–Crippen LogP) is 1.20. The quantitative estimate of drug-likeness (QED) is 0.739. The molecule has 1 aliphatic rings. The minimum atomic E-state index is -3.47. The van der Waals surface area contributed by atoms with Gasteiger partial charge in [-0.2, -0.15) is 0 Å². The van der Waals surface area contributed by atoms with Crippen LogP contribution in [0.5, 0.6) is 0 Å². The second kappa shape index (κ2) is 4.79. The molecule has 1 N–H and O–H groups in total. The van der Waals surface area contributed by atoms with Crippen molar-refractivity contribution in [3.05, 3.63) is 12.2 Å². The van der Waals surface area contributed by atoms with E-state index in [0.717, 1.165) is 0 Å². The lowest BCUT2D eigenvalue weighted by atomic mass is 10.1. The molecule has 0 aromatic rings. The molecule has 15 heavy (non-hydrogen) atoms. The summed E-state index contributed by atoms with van der Waals surface area (Å²) in [6, 6.07) is 0. The lowest BCUT2D eigenvalue weighted by Crippen LogP contribution is -2.39. The van der Waals surface area contributed by atoms with Crippen molar-refractivity contribution in [1.29, 1.82) is 0 Å². The van der Waals surface area contributed by atoms with Gasteiger partial charge in [0.15, 0.2) is 0 Å². The number of carbonyl (C=O) groups excluding carboxylic acids is 1. The van der Waals surface area contributed by atoms with Crippen LogP contribution >= 0.6 is 0 Å². The summed E-state index contributed by atoms with van der Waals surface area (Å²) in [5.41, 5.74) is 0. The number of amides is 1. The SMILES string of the molecule is CCC(C)S(=O)(=O)NC(=O)C1CC=CC1. The Morgan fingerprint density at radius 2 is 2.00 bits per heavy atom. The van der Waals surface area contributed by atoms with E-state index in [1.165, 1.54) is 0 Å². The van der Waals surface area contributed by atoms with Crippen LogP contribution in [-0.4, -0.2) is 19.6 Å². The van der Waals surface area contributed by atoms with Crippen LogP contribution in [0, 0.1) is 5.92 Å². The maximum atomic E-state index is 11.6. The largest absolute Gasteiger partial charge is 0.274 e. The fourth-order valence-electron chi connectivity index (χ4n) is 1.37. The molecule has 1 amide bonds. The summed E-state index contributed by atoms with van der Waals surface area (Å²) in [6.45, 7) is 3.38. The zero-order valence-electron chi connectivity index (χ0n) is 9.06. The average Bonchev–Trinajstić information content (AvgIpc) is 2.68. The number of nitrogens with one attached hydrogen (secondary N) is 1. The molecule has 1 aliphatic carbocycles. The van der Waals surface area contributed by atoms with Crippen LogP contribution in [0.15, 0.2) is 12.2 Å². The van der Waals surface area contributed by atoms with E-state index in [1.807, 2.05) is 12.2 Å². The Hall–Kier alpha value is -0.840. The van der Waals surface area contributed by atoms with Crippen molar-refractivity contribution in [3.8, 4) is 0 Å². The van der Waals surface area contributed by atoms with Crippen molar-refractivity contribution in [3.63, 3.8) is 0 Å². The van der Waals surface area contributed by atoms with Crippen LogP contribution in [0.25, 0.3) is 0 Å². The fourth-order valence-corrected chi connectivity index (χ4v) is 2.46. The molecule has 0 heterocycles. The van der Waals surface area contributed by atoms with Gasteiger partial charge in [-0.25, -0.2) is 8.42 Å². The number of hydrogen-bond acceptors (Lipinski definition) is 3. The highest BCUT2D eigenvalue weighted by atomic mass is 32.2. The van der Waals surface area contributed by atoms with Crippen LogP contribution < -0.4 is 4.72 Å². The van der Waals surface area contributed by atoms with Gasteiger partial charge in [0.1, 0.15) is 0 Å². The summed E-state index contributed by atoms with van der Waals surface area (Å²) in [5, 5.41) is -0.518. The van der Waals surface area contributed by atoms with Crippen molar-refractivity contribution < 1.29 is 13.2 Å². The Balaban J connectivity index is 2.57. The van der Waals surface area contributed by atoms with E-state index < -0.39 is 15.3 Å². The number of hydrogen-bond donors (Lipinski definition) is 1. The second-order valence-corrected chi connectivity index (χ2v) is 5.97. The van der Waals surface area contributed by atoms with Crippen molar-refractivity contribution in [2.24, 2.45) is 5.92 Å². The van der Waals surface area contributed by atoms with Gasteiger partial charge < -0.3 is 0 Å². The standard InChI is InChI=1S/C10H17NO3S/c1-3-8(2)15(13,14)11-10(12)9-6-4-5-7-9/h4-5,8-9H,3,6-7H2,1-2H3,(H,11,12). The van der Waals surface area contributed by atoms with E-state index >= 15 is 0 Å². The average molecular weight is 231 g/mol. The summed E-state index contributed by atoms with van der Waals surface area (Å²) in [6.07, 6.45) is 5.59. The molecule has 0 radical (unpaired) electrons. The third-order valence-electron chi connectivity index (χ3n) is 2.73. The van der Waals surface area contributed by atoms with E-state index in [1.54, 1.807) is 13.8 Å². The maximum Gasteiger partial charge on any atom is 0.237 e. The van der Waals surface area contributed by atoms with Crippen molar-refractivity contribution >= 4 is 15.9 Å². The minimum Gasteiger partial charge on any atom is -0.274 e. The lowest BCUT2D eigenvalue weighted by molar-refractivity contribution is -0.122. The van der Waals surface area contributed by atoms with Gasteiger partial charge in [0.25, 0.3) is 0 Å². The first-order chi connectivity index (χ1) is 6.97. The Bertz CT molecular complexity index is 351. The lowest BCUT2D eigenvalue weighted by Gasteiger charge is -2.14. The molecule has 0 spiro atoms. The van der Waals surface area contributed by atoms with Gasteiger partial charge in [-0.15, -0.1) is 0 Å². The van der Waals surface area contributed by atoms with E-state index in [2.05, 4.69) is 4.72 Å². The number of rotatable bonds is 4. The molecule has 4 nitrogen and oxygen atoms in total. The molecule has 0 aromatic heterocycles. The monoisotopic (exact) mass is 231 g/mol. The summed E-state index contributed by atoms with van der Waals surface area (Å²) in [5.74, 6) is -0.580. The normalized spacial score (nSPS) is 19.1. The molecule has 0 aromatic carbocycles. The topological polar surface area (TPSA) is 63.2 Å². The van der Waals surface area contributed by atoms with Crippen molar-refractivity contribution in [1.82, 2.24) is 4.72 Å². The smallest absolute Gasteiger partial charge is 0.237 e. The third kappa shape index (κ3) is 3.06. The third-order valence-corrected chi connectivity index (χ3v) is 4.60. The second-order valence-electron chi connectivity index (χ2n) is 3.87.